The Morgan fingerprint density at radius 1 is 1.33 bits per heavy atom. The van der Waals surface area contributed by atoms with Gasteiger partial charge in [0.15, 0.2) is 0 Å². The average Bonchev–Trinajstić information content (AvgIpc) is 2.38. The highest BCUT2D eigenvalue weighted by Gasteiger charge is 2.22. The molecule has 0 aromatic heterocycles. The van der Waals surface area contributed by atoms with Crippen LogP contribution in [0.4, 0.5) is 10.1 Å². The lowest BCUT2D eigenvalue weighted by molar-refractivity contribution is 0.427. The van der Waals surface area contributed by atoms with Crippen molar-refractivity contribution in [3.63, 3.8) is 0 Å². The summed E-state index contributed by atoms with van der Waals surface area (Å²) in [7, 11) is 2.01. The molecule has 1 aromatic rings. The van der Waals surface area contributed by atoms with Crippen molar-refractivity contribution in [1.82, 2.24) is 0 Å². The van der Waals surface area contributed by atoms with Gasteiger partial charge in [-0.2, -0.15) is 0 Å². The van der Waals surface area contributed by atoms with Crippen LogP contribution in [0.1, 0.15) is 37.7 Å². The van der Waals surface area contributed by atoms with Crippen molar-refractivity contribution in [2.75, 3.05) is 11.9 Å². The monoisotopic (exact) mass is 266 g/mol. The topological polar surface area (TPSA) is 29.3 Å². The fourth-order valence-corrected chi connectivity index (χ4v) is 2.92. The molecule has 2 N–H and O–H groups in total. The standard InChI is InChI=1S/C14H19FN2S/c1-17(10-6-3-2-4-7-10)12-9-5-8-11(15)13(12)14(16)18/h5,8-10H,2-4,6-7H2,1H3,(H2,16,18). The van der Waals surface area contributed by atoms with Crippen LogP contribution < -0.4 is 10.6 Å². The van der Waals surface area contributed by atoms with Crippen molar-refractivity contribution in [2.45, 2.75) is 38.1 Å². The first-order chi connectivity index (χ1) is 8.61. The lowest BCUT2D eigenvalue weighted by atomic mass is 9.93. The summed E-state index contributed by atoms with van der Waals surface area (Å²) in [5.41, 5.74) is 6.84. The highest BCUT2D eigenvalue weighted by molar-refractivity contribution is 7.80. The molecule has 0 atom stereocenters. The minimum Gasteiger partial charge on any atom is -0.389 e. The smallest absolute Gasteiger partial charge is 0.135 e. The molecule has 0 bridgehead atoms. The number of benzene rings is 1. The van der Waals surface area contributed by atoms with E-state index in [0.29, 0.717) is 11.6 Å². The molecule has 2 rings (SSSR count). The van der Waals surface area contributed by atoms with Crippen LogP contribution in [-0.4, -0.2) is 18.1 Å². The summed E-state index contributed by atoms with van der Waals surface area (Å²) in [4.78, 5) is 2.27. The molecule has 0 radical (unpaired) electrons. The summed E-state index contributed by atoms with van der Waals surface area (Å²) in [6.07, 6.45) is 6.10. The maximum Gasteiger partial charge on any atom is 0.135 e. The van der Waals surface area contributed by atoms with Gasteiger partial charge in [0.2, 0.25) is 0 Å². The third kappa shape index (κ3) is 2.64. The quantitative estimate of drug-likeness (QED) is 0.852. The van der Waals surface area contributed by atoms with Crippen LogP contribution in [0.5, 0.6) is 0 Å². The number of anilines is 1. The van der Waals surface area contributed by atoms with E-state index in [-0.39, 0.29) is 10.8 Å². The minimum absolute atomic E-state index is 0.130. The van der Waals surface area contributed by atoms with Crippen molar-refractivity contribution in [1.29, 1.82) is 0 Å². The van der Waals surface area contributed by atoms with E-state index in [2.05, 4.69) is 4.90 Å². The van der Waals surface area contributed by atoms with Crippen LogP contribution >= 0.6 is 12.2 Å². The number of hydrogen-bond acceptors (Lipinski definition) is 2. The number of hydrogen-bond donors (Lipinski definition) is 1. The fraction of sp³-hybridized carbons (Fsp3) is 0.500. The zero-order valence-corrected chi connectivity index (χ0v) is 11.5. The van der Waals surface area contributed by atoms with Crippen molar-refractivity contribution in [2.24, 2.45) is 5.73 Å². The third-order valence-corrected chi connectivity index (χ3v) is 3.94. The van der Waals surface area contributed by atoms with E-state index < -0.39 is 0 Å². The Labute approximate surface area is 113 Å². The molecule has 0 amide bonds. The van der Waals surface area contributed by atoms with Gasteiger partial charge in [-0.25, -0.2) is 4.39 Å². The number of thiocarbonyl (C=S) groups is 1. The Kier molecular flexibility index (Phi) is 4.17. The predicted octanol–water partition coefficient (Wildman–Crippen LogP) is 3.23. The zero-order chi connectivity index (χ0) is 13.1. The Bertz CT molecular complexity index is 441. The van der Waals surface area contributed by atoms with Gasteiger partial charge in [-0.05, 0) is 25.0 Å². The molecule has 0 aliphatic heterocycles. The van der Waals surface area contributed by atoms with Crippen LogP contribution in [0, 0.1) is 5.82 Å². The van der Waals surface area contributed by atoms with Crippen LogP contribution in [0.2, 0.25) is 0 Å². The summed E-state index contributed by atoms with van der Waals surface area (Å²) in [5, 5.41) is 0. The highest BCUT2D eigenvalue weighted by Crippen LogP contribution is 2.29. The second-order valence-corrected chi connectivity index (χ2v) is 5.34. The van der Waals surface area contributed by atoms with Crippen molar-refractivity contribution >= 4 is 22.9 Å². The van der Waals surface area contributed by atoms with Gasteiger partial charge in [0.25, 0.3) is 0 Å². The summed E-state index contributed by atoms with van der Waals surface area (Å²) < 4.78 is 13.8. The van der Waals surface area contributed by atoms with Gasteiger partial charge in [-0.15, -0.1) is 0 Å². The van der Waals surface area contributed by atoms with Crippen molar-refractivity contribution < 1.29 is 4.39 Å². The summed E-state index contributed by atoms with van der Waals surface area (Å²) >= 11 is 4.97. The lowest BCUT2D eigenvalue weighted by Crippen LogP contribution is -2.35. The molecule has 1 aliphatic carbocycles. The molecule has 98 valence electrons. The molecule has 0 unspecified atom stereocenters. The normalized spacial score (nSPS) is 16.6. The van der Waals surface area contributed by atoms with Gasteiger partial charge in [-0.1, -0.05) is 37.5 Å². The molecule has 1 saturated carbocycles. The number of nitrogens with two attached hydrogens (primary N) is 1. The van der Waals surface area contributed by atoms with E-state index >= 15 is 0 Å². The van der Waals surface area contributed by atoms with Crippen LogP contribution in [-0.2, 0) is 0 Å². The van der Waals surface area contributed by atoms with E-state index in [9.17, 15) is 4.39 Å². The highest BCUT2D eigenvalue weighted by atomic mass is 32.1. The average molecular weight is 266 g/mol. The second-order valence-electron chi connectivity index (χ2n) is 4.90. The van der Waals surface area contributed by atoms with Crippen LogP contribution in [0.25, 0.3) is 0 Å². The largest absolute Gasteiger partial charge is 0.389 e. The summed E-state index contributed by atoms with van der Waals surface area (Å²) in [5.74, 6) is -0.331. The van der Waals surface area contributed by atoms with E-state index in [1.807, 2.05) is 13.1 Å². The molecule has 4 heteroatoms. The Morgan fingerprint density at radius 3 is 2.61 bits per heavy atom. The third-order valence-electron chi connectivity index (χ3n) is 3.74. The number of nitrogens with zero attached hydrogens (tertiary/aromatic N) is 1. The molecule has 0 saturated heterocycles. The summed E-state index contributed by atoms with van der Waals surface area (Å²) in [6, 6.07) is 5.48. The zero-order valence-electron chi connectivity index (χ0n) is 10.7. The second kappa shape index (κ2) is 5.65. The van der Waals surface area contributed by atoms with Crippen LogP contribution in [0.15, 0.2) is 18.2 Å². The van der Waals surface area contributed by atoms with Crippen LogP contribution in [0.3, 0.4) is 0 Å². The molecule has 1 aliphatic rings. The van der Waals surface area contributed by atoms with E-state index in [0.717, 1.165) is 18.5 Å². The fourth-order valence-electron chi connectivity index (χ4n) is 2.72. The number of halogens is 1. The Balaban J connectivity index is 2.31. The van der Waals surface area contributed by atoms with Gasteiger partial charge < -0.3 is 10.6 Å². The molecule has 2 nitrogen and oxygen atoms in total. The summed E-state index contributed by atoms with van der Waals surface area (Å²) in [6.45, 7) is 0. The minimum atomic E-state index is -0.331. The number of rotatable bonds is 3. The van der Waals surface area contributed by atoms with Crippen molar-refractivity contribution in [3.05, 3.63) is 29.6 Å². The van der Waals surface area contributed by atoms with Gasteiger partial charge in [-0.3, -0.25) is 0 Å². The molecular formula is C14H19FN2S. The molecule has 1 fully saturated rings. The predicted molar refractivity (Wildman–Crippen MR) is 77.6 cm³/mol. The first-order valence-electron chi connectivity index (χ1n) is 6.42. The molecule has 1 aromatic carbocycles. The van der Waals surface area contributed by atoms with Crippen molar-refractivity contribution in [3.8, 4) is 0 Å². The molecule has 0 spiro atoms. The lowest BCUT2D eigenvalue weighted by Gasteiger charge is -2.34. The van der Waals surface area contributed by atoms with Gasteiger partial charge in [0, 0.05) is 18.8 Å². The SMILES string of the molecule is CN(c1cccc(F)c1C(N)=S)C1CCCCC1. The molecule has 18 heavy (non-hydrogen) atoms. The van der Waals surface area contributed by atoms with Gasteiger partial charge in [0.05, 0.1) is 5.56 Å². The maximum atomic E-state index is 13.8. The first kappa shape index (κ1) is 13.3. The molecular weight excluding hydrogens is 247 g/mol. The van der Waals surface area contributed by atoms with E-state index in [1.54, 1.807) is 6.07 Å². The Hall–Kier alpha value is -1.16. The Morgan fingerprint density at radius 2 is 2.00 bits per heavy atom. The maximum absolute atomic E-state index is 13.8. The first-order valence-corrected chi connectivity index (χ1v) is 6.83. The van der Waals surface area contributed by atoms with Gasteiger partial charge >= 0.3 is 0 Å². The molecule has 0 heterocycles. The van der Waals surface area contributed by atoms with E-state index in [4.69, 9.17) is 18.0 Å². The van der Waals surface area contributed by atoms with E-state index in [1.165, 1.54) is 25.3 Å². The van der Waals surface area contributed by atoms with Gasteiger partial charge in [0.1, 0.15) is 10.8 Å².